The summed E-state index contributed by atoms with van der Waals surface area (Å²) in [4.78, 5) is 33.9. The van der Waals surface area contributed by atoms with Gasteiger partial charge >= 0.3 is 6.03 Å². The van der Waals surface area contributed by atoms with Gasteiger partial charge in [0, 0.05) is 19.2 Å². The smallest absolute Gasteiger partial charge is 0.328 e. The number of carbonyl (C=O) groups excluding carboxylic acids is 3. The third-order valence-electron chi connectivity index (χ3n) is 2.91. The highest BCUT2D eigenvalue weighted by molar-refractivity contribution is 6.09. The lowest BCUT2D eigenvalue weighted by Crippen LogP contribution is -2.42. The molecule has 120 valence electrons. The van der Waals surface area contributed by atoms with Gasteiger partial charge in [-0.15, -0.1) is 0 Å². The number of urea groups is 1. The van der Waals surface area contributed by atoms with E-state index in [2.05, 4.69) is 5.32 Å². The van der Waals surface area contributed by atoms with Gasteiger partial charge in [-0.25, -0.2) is 4.79 Å². The minimum atomic E-state index is -0.971. The van der Waals surface area contributed by atoms with E-state index in [9.17, 15) is 14.4 Å². The standard InChI is InChI=1S/C16H18N4O3/c1-10-4-6-13(7-5-10)9-18-11(2)14(8-17)15(22)20-16(23)19-12(3)21/h4-7,18H,9H2,1-3H3,(H2,19,20,21,22,23)/b14-11+. The highest BCUT2D eigenvalue weighted by atomic mass is 16.2. The Kier molecular flexibility index (Phi) is 6.49. The van der Waals surface area contributed by atoms with Crippen molar-refractivity contribution in [3.8, 4) is 6.07 Å². The van der Waals surface area contributed by atoms with Gasteiger partial charge in [0.1, 0.15) is 11.6 Å². The van der Waals surface area contributed by atoms with E-state index in [1.807, 2.05) is 41.8 Å². The van der Waals surface area contributed by atoms with Crippen LogP contribution in [0.2, 0.25) is 0 Å². The first-order chi connectivity index (χ1) is 10.8. The van der Waals surface area contributed by atoms with E-state index in [4.69, 9.17) is 5.26 Å². The van der Waals surface area contributed by atoms with Gasteiger partial charge in [-0.1, -0.05) is 29.8 Å². The molecular weight excluding hydrogens is 296 g/mol. The summed E-state index contributed by atoms with van der Waals surface area (Å²) in [5.41, 5.74) is 2.23. The van der Waals surface area contributed by atoms with Crippen molar-refractivity contribution < 1.29 is 14.4 Å². The first-order valence-corrected chi connectivity index (χ1v) is 6.86. The minimum Gasteiger partial charge on any atom is -0.383 e. The molecule has 0 aromatic heterocycles. The molecule has 0 aliphatic rings. The lowest BCUT2D eigenvalue weighted by Gasteiger charge is -2.10. The van der Waals surface area contributed by atoms with Crippen LogP contribution in [0.25, 0.3) is 0 Å². The summed E-state index contributed by atoms with van der Waals surface area (Å²) >= 11 is 0. The highest BCUT2D eigenvalue weighted by Gasteiger charge is 2.16. The molecule has 23 heavy (non-hydrogen) atoms. The number of aryl methyl sites for hydroxylation is 1. The van der Waals surface area contributed by atoms with Crippen molar-refractivity contribution in [1.82, 2.24) is 16.0 Å². The van der Waals surface area contributed by atoms with Crippen LogP contribution in [0.4, 0.5) is 4.79 Å². The maximum absolute atomic E-state index is 11.9. The molecule has 0 unspecified atom stereocenters. The molecule has 0 atom stereocenters. The summed E-state index contributed by atoms with van der Waals surface area (Å²) in [7, 11) is 0. The summed E-state index contributed by atoms with van der Waals surface area (Å²) in [5.74, 6) is -1.48. The average Bonchev–Trinajstić information content (AvgIpc) is 2.46. The van der Waals surface area contributed by atoms with Crippen molar-refractivity contribution in [2.24, 2.45) is 0 Å². The van der Waals surface area contributed by atoms with Crippen LogP contribution in [-0.4, -0.2) is 17.8 Å². The fourth-order valence-electron chi connectivity index (χ4n) is 1.69. The fraction of sp³-hybridized carbons (Fsp3) is 0.250. The van der Waals surface area contributed by atoms with Gasteiger partial charge in [0.15, 0.2) is 0 Å². The van der Waals surface area contributed by atoms with Crippen LogP contribution < -0.4 is 16.0 Å². The van der Waals surface area contributed by atoms with E-state index in [0.29, 0.717) is 12.2 Å². The molecule has 0 bridgehead atoms. The first-order valence-electron chi connectivity index (χ1n) is 6.86. The van der Waals surface area contributed by atoms with Crippen molar-refractivity contribution in [3.63, 3.8) is 0 Å². The van der Waals surface area contributed by atoms with Crippen LogP contribution in [-0.2, 0) is 16.1 Å². The van der Waals surface area contributed by atoms with E-state index in [1.165, 1.54) is 0 Å². The van der Waals surface area contributed by atoms with Gasteiger partial charge in [-0.3, -0.25) is 20.2 Å². The molecule has 0 aliphatic heterocycles. The van der Waals surface area contributed by atoms with Crippen LogP contribution >= 0.6 is 0 Å². The van der Waals surface area contributed by atoms with E-state index < -0.39 is 17.8 Å². The van der Waals surface area contributed by atoms with Gasteiger partial charge in [0.25, 0.3) is 5.91 Å². The Hall–Kier alpha value is -3.14. The summed E-state index contributed by atoms with van der Waals surface area (Å²) in [6.45, 7) is 5.12. The number of imide groups is 2. The van der Waals surface area contributed by atoms with E-state index in [0.717, 1.165) is 18.1 Å². The quantitative estimate of drug-likeness (QED) is 0.572. The lowest BCUT2D eigenvalue weighted by atomic mass is 10.1. The normalized spacial score (nSPS) is 10.9. The SMILES string of the molecule is CC(=O)NC(=O)NC(=O)/C(C#N)=C(\C)NCc1ccc(C)cc1. The molecule has 0 heterocycles. The Morgan fingerprint density at radius 3 is 2.22 bits per heavy atom. The molecule has 7 nitrogen and oxygen atoms in total. The first kappa shape index (κ1) is 17.9. The zero-order chi connectivity index (χ0) is 17.4. The molecule has 0 aliphatic carbocycles. The number of nitriles is 1. The monoisotopic (exact) mass is 314 g/mol. The summed E-state index contributed by atoms with van der Waals surface area (Å²) < 4.78 is 0. The number of allylic oxidation sites excluding steroid dienone is 1. The Balaban J connectivity index is 2.72. The number of benzene rings is 1. The summed E-state index contributed by atoms with van der Waals surface area (Å²) in [6.07, 6.45) is 0. The number of nitrogens with one attached hydrogen (secondary N) is 3. The number of rotatable bonds is 4. The topological polar surface area (TPSA) is 111 Å². The molecule has 3 N–H and O–H groups in total. The van der Waals surface area contributed by atoms with Crippen LogP contribution in [0.3, 0.4) is 0 Å². The molecule has 0 fully saturated rings. The second kappa shape index (κ2) is 8.34. The van der Waals surface area contributed by atoms with Crippen molar-refractivity contribution >= 4 is 17.8 Å². The Morgan fingerprint density at radius 2 is 1.70 bits per heavy atom. The number of amides is 4. The number of nitrogens with zero attached hydrogens (tertiary/aromatic N) is 1. The fourth-order valence-corrected chi connectivity index (χ4v) is 1.69. The third kappa shape index (κ3) is 6.01. The van der Waals surface area contributed by atoms with Crippen molar-refractivity contribution in [2.75, 3.05) is 0 Å². The largest absolute Gasteiger partial charge is 0.383 e. The van der Waals surface area contributed by atoms with Crippen LogP contribution in [0.15, 0.2) is 35.5 Å². The number of carbonyl (C=O) groups is 3. The molecule has 1 aromatic carbocycles. The van der Waals surface area contributed by atoms with Gasteiger partial charge in [0.2, 0.25) is 5.91 Å². The van der Waals surface area contributed by atoms with Gasteiger partial charge in [-0.2, -0.15) is 5.26 Å². The third-order valence-corrected chi connectivity index (χ3v) is 2.91. The van der Waals surface area contributed by atoms with Crippen molar-refractivity contribution in [3.05, 3.63) is 46.7 Å². The van der Waals surface area contributed by atoms with E-state index in [1.54, 1.807) is 13.0 Å². The molecular formula is C16H18N4O3. The maximum atomic E-state index is 11.9. The van der Waals surface area contributed by atoms with Crippen molar-refractivity contribution in [1.29, 1.82) is 5.26 Å². The second-order valence-corrected chi connectivity index (χ2v) is 4.92. The van der Waals surface area contributed by atoms with Crippen LogP contribution in [0.5, 0.6) is 0 Å². The zero-order valence-electron chi connectivity index (χ0n) is 13.2. The zero-order valence-corrected chi connectivity index (χ0v) is 13.2. The van der Waals surface area contributed by atoms with Gasteiger partial charge in [0.05, 0.1) is 0 Å². The average molecular weight is 314 g/mol. The predicted octanol–water partition coefficient (Wildman–Crippen LogP) is 1.25. The van der Waals surface area contributed by atoms with E-state index in [-0.39, 0.29) is 5.57 Å². The Morgan fingerprint density at radius 1 is 1.09 bits per heavy atom. The molecule has 0 radical (unpaired) electrons. The lowest BCUT2D eigenvalue weighted by molar-refractivity contribution is -0.118. The maximum Gasteiger partial charge on any atom is 0.328 e. The summed E-state index contributed by atoms with van der Waals surface area (Å²) in [6, 6.07) is 8.56. The van der Waals surface area contributed by atoms with Gasteiger partial charge in [-0.05, 0) is 19.4 Å². The van der Waals surface area contributed by atoms with Gasteiger partial charge < -0.3 is 5.32 Å². The minimum absolute atomic E-state index is 0.226. The molecule has 7 heteroatoms. The number of hydrogen-bond donors (Lipinski definition) is 3. The van der Waals surface area contributed by atoms with E-state index >= 15 is 0 Å². The molecule has 4 amide bonds. The number of hydrogen-bond acceptors (Lipinski definition) is 5. The molecule has 0 saturated carbocycles. The Bertz CT molecular complexity index is 684. The van der Waals surface area contributed by atoms with Crippen LogP contribution in [0.1, 0.15) is 25.0 Å². The van der Waals surface area contributed by atoms with Crippen molar-refractivity contribution in [2.45, 2.75) is 27.3 Å². The van der Waals surface area contributed by atoms with Crippen LogP contribution in [0, 0.1) is 18.3 Å². The Labute approximate surface area is 134 Å². The second-order valence-electron chi connectivity index (χ2n) is 4.92. The molecule has 1 aromatic rings. The molecule has 1 rings (SSSR count). The highest BCUT2D eigenvalue weighted by Crippen LogP contribution is 2.05. The predicted molar refractivity (Wildman–Crippen MR) is 83.7 cm³/mol. The summed E-state index contributed by atoms with van der Waals surface area (Å²) in [5, 5.41) is 15.9. The molecule has 0 saturated heterocycles. The molecule has 0 spiro atoms.